The Morgan fingerprint density at radius 1 is 1.53 bits per heavy atom. The Bertz CT molecular complexity index is 634. The van der Waals surface area contributed by atoms with E-state index in [1.807, 2.05) is 0 Å². The van der Waals surface area contributed by atoms with E-state index in [0.717, 1.165) is 6.42 Å². The second kappa shape index (κ2) is 3.48. The number of hydrogen-bond donors (Lipinski definition) is 3. The Morgan fingerprint density at radius 3 is 3.00 bits per heavy atom. The molecule has 0 bridgehead atoms. The van der Waals surface area contributed by atoms with Gasteiger partial charge in [-0.2, -0.15) is 0 Å². The molecule has 0 amide bonds. The number of aromatic amines is 1. The fourth-order valence-electron chi connectivity index (χ4n) is 1.92. The summed E-state index contributed by atoms with van der Waals surface area (Å²) >= 11 is 0. The van der Waals surface area contributed by atoms with Crippen LogP contribution in [0.25, 0.3) is 10.9 Å². The van der Waals surface area contributed by atoms with Gasteiger partial charge in [-0.25, -0.2) is 4.98 Å². The van der Waals surface area contributed by atoms with Crippen LogP contribution in [0.2, 0.25) is 0 Å². The summed E-state index contributed by atoms with van der Waals surface area (Å²) in [7, 11) is 0. The van der Waals surface area contributed by atoms with E-state index in [2.05, 4.69) is 22.2 Å². The Labute approximate surface area is 98.1 Å². The van der Waals surface area contributed by atoms with Crippen molar-refractivity contribution in [3.05, 3.63) is 28.6 Å². The lowest BCUT2D eigenvalue weighted by atomic mass is 10.2. The quantitative estimate of drug-likeness (QED) is 0.679. The van der Waals surface area contributed by atoms with Crippen molar-refractivity contribution in [2.45, 2.75) is 19.4 Å². The molecule has 5 heteroatoms. The Kier molecular flexibility index (Phi) is 2.07. The van der Waals surface area contributed by atoms with Crippen LogP contribution < -0.4 is 16.6 Å². The van der Waals surface area contributed by atoms with Gasteiger partial charge < -0.3 is 11.1 Å². The SMILES string of the molecule is CC1CC1Nc1nc2ccc(N)cc2c(=O)[nH]1. The summed E-state index contributed by atoms with van der Waals surface area (Å²) in [6.45, 7) is 2.16. The molecule has 17 heavy (non-hydrogen) atoms. The van der Waals surface area contributed by atoms with E-state index in [1.165, 1.54) is 0 Å². The first-order valence-electron chi connectivity index (χ1n) is 5.69. The van der Waals surface area contributed by atoms with Crippen LogP contribution in [0.4, 0.5) is 11.6 Å². The van der Waals surface area contributed by atoms with Crippen LogP contribution in [0.3, 0.4) is 0 Å². The molecule has 1 aliphatic carbocycles. The fraction of sp³-hybridized carbons (Fsp3) is 0.333. The molecular formula is C12H14N4O. The maximum Gasteiger partial charge on any atom is 0.260 e. The number of nitrogens with two attached hydrogens (primary N) is 1. The molecule has 4 N–H and O–H groups in total. The molecule has 2 atom stereocenters. The molecule has 1 aromatic heterocycles. The van der Waals surface area contributed by atoms with Crippen molar-refractivity contribution in [2.75, 3.05) is 11.1 Å². The van der Waals surface area contributed by atoms with Gasteiger partial charge >= 0.3 is 0 Å². The van der Waals surface area contributed by atoms with Gasteiger partial charge in [0.05, 0.1) is 10.9 Å². The maximum atomic E-state index is 11.8. The molecule has 3 rings (SSSR count). The van der Waals surface area contributed by atoms with Crippen molar-refractivity contribution in [1.29, 1.82) is 0 Å². The summed E-state index contributed by atoms with van der Waals surface area (Å²) in [5.74, 6) is 1.20. The average Bonchev–Trinajstić information content (AvgIpc) is 2.96. The molecule has 5 nitrogen and oxygen atoms in total. The zero-order chi connectivity index (χ0) is 12.0. The number of anilines is 2. The van der Waals surface area contributed by atoms with E-state index in [-0.39, 0.29) is 5.56 Å². The van der Waals surface area contributed by atoms with Crippen molar-refractivity contribution in [3.8, 4) is 0 Å². The third kappa shape index (κ3) is 1.84. The highest BCUT2D eigenvalue weighted by atomic mass is 16.1. The zero-order valence-corrected chi connectivity index (χ0v) is 9.53. The van der Waals surface area contributed by atoms with E-state index in [0.29, 0.717) is 34.5 Å². The number of benzene rings is 1. The largest absolute Gasteiger partial charge is 0.399 e. The lowest BCUT2D eigenvalue weighted by Gasteiger charge is -2.05. The van der Waals surface area contributed by atoms with Gasteiger partial charge in [-0.1, -0.05) is 6.92 Å². The number of rotatable bonds is 2. The number of fused-ring (bicyclic) bond motifs is 1. The fourth-order valence-corrected chi connectivity index (χ4v) is 1.92. The smallest absolute Gasteiger partial charge is 0.260 e. The molecule has 0 saturated heterocycles. The van der Waals surface area contributed by atoms with Crippen LogP contribution in [0, 0.1) is 5.92 Å². The summed E-state index contributed by atoms with van der Waals surface area (Å²) in [5.41, 5.74) is 6.73. The number of hydrogen-bond acceptors (Lipinski definition) is 4. The van der Waals surface area contributed by atoms with Crippen molar-refractivity contribution >= 4 is 22.5 Å². The lowest BCUT2D eigenvalue weighted by molar-refractivity contribution is 0.915. The molecular weight excluding hydrogens is 216 g/mol. The molecule has 2 aromatic rings. The van der Waals surface area contributed by atoms with Gasteiger partial charge in [-0.05, 0) is 30.5 Å². The van der Waals surface area contributed by atoms with Gasteiger partial charge in [0.15, 0.2) is 0 Å². The number of nitrogens with one attached hydrogen (secondary N) is 2. The second-order valence-electron chi connectivity index (χ2n) is 4.65. The van der Waals surface area contributed by atoms with E-state index in [9.17, 15) is 4.79 Å². The number of aromatic nitrogens is 2. The van der Waals surface area contributed by atoms with Crippen LogP contribution in [0.15, 0.2) is 23.0 Å². The maximum absolute atomic E-state index is 11.8. The molecule has 1 aromatic carbocycles. The first-order chi connectivity index (χ1) is 8.13. The first kappa shape index (κ1) is 10.1. The summed E-state index contributed by atoms with van der Waals surface area (Å²) in [4.78, 5) is 18.9. The highest BCUT2D eigenvalue weighted by molar-refractivity contribution is 5.81. The van der Waals surface area contributed by atoms with Gasteiger partial charge in [-0.3, -0.25) is 9.78 Å². The van der Waals surface area contributed by atoms with Crippen molar-refractivity contribution in [3.63, 3.8) is 0 Å². The summed E-state index contributed by atoms with van der Waals surface area (Å²) in [5, 5.41) is 3.74. The van der Waals surface area contributed by atoms with Gasteiger partial charge in [0.25, 0.3) is 5.56 Å². The standard InChI is InChI=1S/C12H14N4O/c1-6-4-10(6)15-12-14-9-3-2-7(13)5-8(9)11(17)16-12/h2-3,5-6,10H,4,13H2,1H3,(H2,14,15,16,17). The Morgan fingerprint density at radius 2 is 2.29 bits per heavy atom. The molecule has 88 valence electrons. The van der Waals surface area contributed by atoms with Gasteiger partial charge in [0.1, 0.15) is 0 Å². The van der Waals surface area contributed by atoms with Crippen LogP contribution in [-0.2, 0) is 0 Å². The molecule has 0 radical (unpaired) electrons. The number of nitrogens with zero attached hydrogens (tertiary/aromatic N) is 1. The Hall–Kier alpha value is -2.04. The summed E-state index contributed by atoms with van der Waals surface area (Å²) in [6.07, 6.45) is 1.13. The minimum absolute atomic E-state index is 0.155. The normalized spacial score (nSPS) is 22.6. The van der Waals surface area contributed by atoms with E-state index < -0.39 is 0 Å². The van der Waals surface area contributed by atoms with E-state index >= 15 is 0 Å². The average molecular weight is 230 g/mol. The topological polar surface area (TPSA) is 83.8 Å². The second-order valence-corrected chi connectivity index (χ2v) is 4.65. The van der Waals surface area contributed by atoms with Crippen molar-refractivity contribution in [2.24, 2.45) is 5.92 Å². The highest BCUT2D eigenvalue weighted by Gasteiger charge is 2.32. The molecule has 0 aliphatic heterocycles. The lowest BCUT2D eigenvalue weighted by Crippen LogP contribution is -2.15. The van der Waals surface area contributed by atoms with Crippen LogP contribution >= 0.6 is 0 Å². The van der Waals surface area contributed by atoms with Gasteiger partial charge in [-0.15, -0.1) is 0 Å². The van der Waals surface area contributed by atoms with E-state index in [1.54, 1.807) is 18.2 Å². The van der Waals surface area contributed by atoms with Gasteiger partial charge in [0.2, 0.25) is 5.95 Å². The van der Waals surface area contributed by atoms with Crippen molar-refractivity contribution < 1.29 is 0 Å². The highest BCUT2D eigenvalue weighted by Crippen LogP contribution is 2.31. The van der Waals surface area contributed by atoms with Crippen LogP contribution in [0.5, 0.6) is 0 Å². The minimum Gasteiger partial charge on any atom is -0.399 e. The first-order valence-corrected chi connectivity index (χ1v) is 5.69. The van der Waals surface area contributed by atoms with Crippen LogP contribution in [-0.4, -0.2) is 16.0 Å². The predicted molar refractivity (Wildman–Crippen MR) is 68.0 cm³/mol. The molecule has 1 heterocycles. The molecule has 1 saturated carbocycles. The van der Waals surface area contributed by atoms with Gasteiger partial charge in [0, 0.05) is 11.7 Å². The summed E-state index contributed by atoms with van der Waals surface area (Å²) < 4.78 is 0. The summed E-state index contributed by atoms with van der Waals surface area (Å²) in [6, 6.07) is 5.59. The third-order valence-corrected chi connectivity index (χ3v) is 3.16. The predicted octanol–water partition coefficient (Wildman–Crippen LogP) is 1.33. The van der Waals surface area contributed by atoms with Crippen LogP contribution in [0.1, 0.15) is 13.3 Å². The number of nitrogen functional groups attached to an aromatic ring is 1. The third-order valence-electron chi connectivity index (χ3n) is 3.16. The van der Waals surface area contributed by atoms with Crippen molar-refractivity contribution in [1.82, 2.24) is 9.97 Å². The zero-order valence-electron chi connectivity index (χ0n) is 9.53. The molecule has 1 fully saturated rings. The molecule has 0 spiro atoms. The molecule has 2 unspecified atom stereocenters. The monoisotopic (exact) mass is 230 g/mol. The minimum atomic E-state index is -0.155. The number of H-pyrrole nitrogens is 1. The molecule has 1 aliphatic rings. The van der Waals surface area contributed by atoms with E-state index in [4.69, 9.17) is 5.73 Å². The Balaban J connectivity index is 2.05.